The van der Waals surface area contributed by atoms with Gasteiger partial charge in [0.1, 0.15) is 0 Å². The highest BCUT2D eigenvalue weighted by atomic mass is 127. The van der Waals surface area contributed by atoms with E-state index in [2.05, 4.69) is 355 Å². The molecule has 3 aromatic rings. The van der Waals surface area contributed by atoms with Crippen molar-refractivity contribution in [2.24, 2.45) is 0 Å². The number of halogens is 8. The van der Waals surface area contributed by atoms with Crippen molar-refractivity contribution in [3.05, 3.63) is 117 Å². The molecule has 2 aliphatic heterocycles. The standard InChI is InChI=1S/2C15H23I4N3Si2.C7H8/c2*1-14(2,3)21-13(12-10-8-7-9-11-12)22(15(4,5)6)24(21,19)20-23(16,17)18;1-7-5-3-2-4-6-7/h2*7-11H,1-6H3;2-6H,1H3. The number of rotatable bonds is 6. The lowest BCUT2D eigenvalue weighted by Gasteiger charge is -2.59. The van der Waals surface area contributed by atoms with Gasteiger partial charge in [0.2, 0.25) is 0 Å². The first-order valence-electron chi connectivity index (χ1n) is 17.8. The van der Waals surface area contributed by atoms with Crippen LogP contribution >= 0.6 is 174 Å². The average molecular weight is 1710 g/mol. The van der Waals surface area contributed by atoms with Gasteiger partial charge < -0.3 is 9.30 Å². The molecule has 18 heteroatoms. The van der Waals surface area contributed by atoms with Crippen LogP contribution in [-0.2, 0) is 0 Å². The summed E-state index contributed by atoms with van der Waals surface area (Å²) in [5, 5.41) is 0. The summed E-state index contributed by atoms with van der Waals surface area (Å²) in [6.07, 6.45) is 0. The zero-order chi connectivity index (χ0) is 42.2. The molecular formula is C37H54I8N6Si4. The molecule has 55 heavy (non-hydrogen) atoms. The summed E-state index contributed by atoms with van der Waals surface area (Å²) in [7, 11) is 0. The Labute approximate surface area is 438 Å². The van der Waals surface area contributed by atoms with Gasteiger partial charge in [0.15, 0.2) is 1.45 Å². The molecule has 5 rings (SSSR count). The van der Waals surface area contributed by atoms with E-state index in [1.165, 1.54) is 28.4 Å². The van der Waals surface area contributed by atoms with E-state index in [4.69, 9.17) is 9.30 Å². The van der Waals surface area contributed by atoms with Crippen LogP contribution in [0.4, 0.5) is 0 Å². The zero-order valence-corrected chi connectivity index (χ0v) is 55.1. The lowest BCUT2D eigenvalue weighted by atomic mass is 10.1. The van der Waals surface area contributed by atoms with E-state index in [0.717, 1.165) is 0 Å². The fraction of sp³-hybridized carbons (Fsp3) is 0.459. The van der Waals surface area contributed by atoms with Crippen LogP contribution in [-0.4, -0.2) is 65.0 Å². The lowest BCUT2D eigenvalue weighted by molar-refractivity contribution is -0.508. The minimum absolute atomic E-state index is 0.0490. The number of hydrogen-bond acceptors (Lipinski definition) is 2. The Hall–Kier alpha value is 3.23. The van der Waals surface area contributed by atoms with Crippen molar-refractivity contribution in [2.45, 2.75) is 112 Å². The van der Waals surface area contributed by atoms with Gasteiger partial charge in [-0.3, -0.25) is 17.6 Å². The van der Waals surface area contributed by atoms with Gasteiger partial charge in [-0.15, -0.1) is 131 Å². The molecule has 0 amide bonds. The van der Waals surface area contributed by atoms with Crippen LogP contribution in [0.1, 0.15) is 99.8 Å². The van der Waals surface area contributed by atoms with E-state index in [9.17, 15) is 0 Å². The summed E-state index contributed by atoms with van der Waals surface area (Å²) in [6, 6.07) is 27.6. The third kappa shape index (κ3) is 14.1. The number of benzene rings is 3. The minimum Gasteiger partial charge on any atom is -0.554 e. The van der Waals surface area contributed by atoms with Gasteiger partial charge in [-0.05, 0) is 158 Å². The smallest absolute Gasteiger partial charge is 0.443 e. The molecule has 0 fully saturated rings. The maximum absolute atomic E-state index is 5.47. The Balaban J connectivity index is 0.000000251. The number of hydrogen-bond donors (Lipinski definition) is 0. The Morgan fingerprint density at radius 1 is 0.473 bits per heavy atom. The van der Waals surface area contributed by atoms with Gasteiger partial charge in [0.05, 0.1) is 33.3 Å². The van der Waals surface area contributed by atoms with E-state index in [0.29, 0.717) is 0 Å². The van der Waals surface area contributed by atoms with E-state index < -0.39 is 13.6 Å². The van der Waals surface area contributed by atoms with Crippen molar-refractivity contribution in [3.63, 3.8) is 0 Å². The van der Waals surface area contributed by atoms with Crippen molar-refractivity contribution < 1.29 is 8.48 Å². The fourth-order valence-corrected chi connectivity index (χ4v) is 77.3. The molecule has 0 aliphatic carbocycles. The molecule has 6 nitrogen and oxygen atoms in total. The maximum Gasteiger partial charge on any atom is 0.443 e. The molecule has 2 aliphatic rings. The summed E-state index contributed by atoms with van der Waals surface area (Å²) in [4.78, 5) is 0. The van der Waals surface area contributed by atoms with Crippen molar-refractivity contribution in [3.8, 4) is 0 Å². The minimum atomic E-state index is -2.14. The van der Waals surface area contributed by atoms with Gasteiger partial charge >= 0.3 is 12.1 Å². The number of aryl methyl sites for hydroxylation is 1. The molecule has 0 saturated heterocycles. The second-order valence-electron chi connectivity index (χ2n) is 17.3. The summed E-state index contributed by atoms with van der Waals surface area (Å²) in [5.74, 6) is 2.67. The molecule has 304 valence electrons. The van der Waals surface area contributed by atoms with Crippen molar-refractivity contribution in [1.82, 2.24) is 9.13 Å². The molecule has 0 saturated carbocycles. The topological polar surface area (TPSA) is 40.7 Å². The largest absolute Gasteiger partial charge is 0.554 e. The lowest BCUT2D eigenvalue weighted by Crippen LogP contribution is -2.80. The van der Waals surface area contributed by atoms with Gasteiger partial charge in [-0.2, -0.15) is 0 Å². The first-order valence-corrected chi connectivity index (χ1v) is 50.3. The van der Waals surface area contributed by atoms with Crippen LogP contribution in [0.5, 0.6) is 0 Å². The van der Waals surface area contributed by atoms with Crippen LogP contribution in [0.25, 0.3) is 9.30 Å². The van der Waals surface area contributed by atoms with Crippen molar-refractivity contribution in [1.29, 1.82) is 0 Å². The van der Waals surface area contributed by atoms with Crippen LogP contribution < -0.4 is 0 Å². The van der Waals surface area contributed by atoms with Gasteiger partial charge in [0, 0.05) is 0 Å². The summed E-state index contributed by atoms with van der Waals surface area (Å²) in [5.41, 5.74) is 4.10. The molecule has 0 bridgehead atoms. The van der Waals surface area contributed by atoms with Gasteiger partial charge in [-0.1, -0.05) is 72.3 Å². The van der Waals surface area contributed by atoms with E-state index in [1.54, 1.807) is 0 Å². The fourth-order valence-electron chi connectivity index (χ4n) is 6.58. The van der Waals surface area contributed by atoms with Crippen molar-refractivity contribution >= 4 is 200 Å². The molecule has 0 aromatic heterocycles. The average Bonchev–Trinajstić information content (AvgIpc) is 2.96. The third-order valence-corrected chi connectivity index (χ3v) is 41.5. The van der Waals surface area contributed by atoms with Crippen LogP contribution in [0.15, 0.2) is 91.0 Å². The van der Waals surface area contributed by atoms with Gasteiger partial charge in [-0.25, -0.2) is 0 Å². The Bertz CT molecular complexity index is 1700. The predicted octanol–water partition coefficient (Wildman–Crippen LogP) is 14.7. The van der Waals surface area contributed by atoms with E-state index in [1.807, 2.05) is 18.2 Å². The van der Waals surface area contributed by atoms with E-state index >= 15 is 0 Å². The molecule has 2 atom stereocenters. The van der Waals surface area contributed by atoms with Crippen molar-refractivity contribution in [2.75, 3.05) is 0 Å². The Kier molecular flexibility index (Phi) is 19.1. The molecule has 0 N–H and O–H groups in total. The SMILES string of the molecule is CC(C)(C)N1C(c2ccccc2)=[N+](C(C)(C)C)[Si@@]1(I)[N-][Si](I)(I)I.CC(C)(C)N1C(c2ccccc2)=[N+](C(C)(C)C)[Si@@]1(I)[N-][Si](I)(I)I.Cc1ccccc1. The highest BCUT2D eigenvalue weighted by molar-refractivity contribution is 14.4. The molecule has 2 heterocycles. The molecule has 0 spiro atoms. The highest BCUT2D eigenvalue weighted by Gasteiger charge is 2.66. The predicted molar refractivity (Wildman–Crippen MR) is 317 cm³/mol. The number of nitrogens with zero attached hydrogens (tertiary/aromatic N) is 6. The summed E-state index contributed by atoms with van der Waals surface area (Å²) in [6.45, 7) is 29.8. The maximum atomic E-state index is 5.47. The molecule has 0 unspecified atom stereocenters. The monoisotopic (exact) mass is 1710 g/mol. The zero-order valence-electron chi connectivity index (χ0n) is 33.9. The first-order chi connectivity index (χ1) is 24.8. The van der Waals surface area contributed by atoms with E-state index in [-0.39, 0.29) is 22.2 Å². The van der Waals surface area contributed by atoms with Crippen LogP contribution in [0, 0.1) is 6.92 Å². The highest BCUT2D eigenvalue weighted by Crippen LogP contribution is 2.52. The number of amidine groups is 2. The summed E-state index contributed by atoms with van der Waals surface area (Å²) < 4.78 is 18.2. The molecular weight excluding hydrogens is 1660 g/mol. The summed E-state index contributed by atoms with van der Waals surface area (Å²) >= 11 is 20.8. The Morgan fingerprint density at radius 3 is 0.909 bits per heavy atom. The second kappa shape index (κ2) is 20.0. The van der Waals surface area contributed by atoms with Gasteiger partial charge in [0.25, 0.3) is 11.7 Å². The third-order valence-electron chi connectivity index (χ3n) is 8.21. The second-order valence-corrected chi connectivity index (χ2v) is 98.9. The quantitative estimate of drug-likeness (QED) is 0.140. The van der Waals surface area contributed by atoms with Crippen LogP contribution in [0.3, 0.4) is 0 Å². The first kappa shape index (κ1) is 52.6. The molecule has 0 radical (unpaired) electrons. The molecule has 3 aromatic carbocycles. The normalized spacial score (nSPS) is 20.9. The van der Waals surface area contributed by atoms with Crippen LogP contribution in [0.2, 0.25) is 0 Å². The Morgan fingerprint density at radius 2 is 0.727 bits per heavy atom.